The third kappa shape index (κ3) is 2.72. The van der Waals surface area contributed by atoms with Crippen LogP contribution in [0, 0.1) is 0 Å². The fourth-order valence-corrected chi connectivity index (χ4v) is 3.68. The highest BCUT2D eigenvalue weighted by Crippen LogP contribution is 2.24. The van der Waals surface area contributed by atoms with Gasteiger partial charge < -0.3 is 10.6 Å². The molecule has 0 aromatic carbocycles. The van der Waals surface area contributed by atoms with E-state index in [1.807, 2.05) is 0 Å². The SMILES string of the molecule is CN1CCN(S(=O)(=O)c2cc(Br)cnc2N)CC1=O. The molecule has 1 fully saturated rings. The minimum atomic E-state index is -3.80. The van der Waals surface area contributed by atoms with Crippen LogP contribution in [0.25, 0.3) is 0 Å². The van der Waals surface area contributed by atoms with Gasteiger partial charge >= 0.3 is 0 Å². The summed E-state index contributed by atoms with van der Waals surface area (Å²) in [4.78, 5) is 16.8. The lowest BCUT2D eigenvalue weighted by Gasteiger charge is -2.31. The fourth-order valence-electron chi connectivity index (χ4n) is 1.72. The third-order valence-corrected chi connectivity index (χ3v) is 5.20. The number of hydrogen-bond acceptors (Lipinski definition) is 5. The van der Waals surface area contributed by atoms with Crippen molar-refractivity contribution in [2.45, 2.75) is 4.90 Å². The summed E-state index contributed by atoms with van der Waals surface area (Å²) in [5, 5.41) is 0. The number of amides is 1. The van der Waals surface area contributed by atoms with Crippen molar-refractivity contribution in [2.24, 2.45) is 0 Å². The molecule has 1 aromatic heterocycles. The first kappa shape index (κ1) is 14.2. The molecule has 1 amide bonds. The van der Waals surface area contributed by atoms with Crippen LogP contribution in [0.1, 0.15) is 0 Å². The number of nitrogen functional groups attached to an aromatic ring is 1. The quantitative estimate of drug-likeness (QED) is 0.804. The molecule has 1 saturated heterocycles. The molecular weight excluding hydrogens is 336 g/mol. The number of nitrogens with two attached hydrogens (primary N) is 1. The standard InChI is InChI=1S/C10H13BrN4O3S/c1-14-2-3-15(6-9(14)16)19(17,18)8-4-7(11)5-13-10(8)12/h4-5H,2-3,6H2,1H3,(H2,12,13). The second-order valence-corrected chi connectivity index (χ2v) is 7.01. The third-order valence-electron chi connectivity index (χ3n) is 2.89. The Balaban J connectivity index is 2.37. The monoisotopic (exact) mass is 348 g/mol. The van der Waals surface area contributed by atoms with Crippen molar-refractivity contribution >= 4 is 37.7 Å². The van der Waals surface area contributed by atoms with Gasteiger partial charge in [0, 0.05) is 30.8 Å². The van der Waals surface area contributed by atoms with Gasteiger partial charge in [-0.2, -0.15) is 4.31 Å². The number of halogens is 1. The van der Waals surface area contributed by atoms with Crippen LogP contribution in [0.15, 0.2) is 21.6 Å². The minimum absolute atomic E-state index is 0.0745. The van der Waals surface area contributed by atoms with E-state index in [-0.39, 0.29) is 29.7 Å². The van der Waals surface area contributed by atoms with Gasteiger partial charge in [0.05, 0.1) is 6.54 Å². The zero-order valence-electron chi connectivity index (χ0n) is 10.2. The van der Waals surface area contributed by atoms with E-state index in [0.717, 1.165) is 4.31 Å². The van der Waals surface area contributed by atoms with Crippen molar-refractivity contribution in [3.8, 4) is 0 Å². The number of nitrogens with zero attached hydrogens (tertiary/aromatic N) is 3. The molecule has 2 rings (SSSR count). The number of carbonyl (C=O) groups is 1. The first-order chi connectivity index (χ1) is 8.82. The normalized spacial score (nSPS) is 17.8. The molecule has 19 heavy (non-hydrogen) atoms. The molecule has 1 aromatic rings. The largest absolute Gasteiger partial charge is 0.383 e. The summed E-state index contributed by atoms with van der Waals surface area (Å²) in [6.07, 6.45) is 1.42. The maximum Gasteiger partial charge on any atom is 0.247 e. The molecule has 0 bridgehead atoms. The minimum Gasteiger partial charge on any atom is -0.383 e. The van der Waals surface area contributed by atoms with Crippen molar-refractivity contribution in [3.05, 3.63) is 16.7 Å². The van der Waals surface area contributed by atoms with Crippen LogP contribution in [0.4, 0.5) is 5.82 Å². The zero-order chi connectivity index (χ0) is 14.2. The van der Waals surface area contributed by atoms with Crippen LogP contribution in [0.3, 0.4) is 0 Å². The molecular formula is C10H13BrN4O3S. The summed E-state index contributed by atoms with van der Waals surface area (Å²) >= 11 is 3.16. The van der Waals surface area contributed by atoms with Gasteiger partial charge in [-0.15, -0.1) is 0 Å². The second-order valence-electron chi connectivity index (χ2n) is 4.19. The first-order valence-electron chi connectivity index (χ1n) is 5.47. The molecule has 0 unspecified atom stereocenters. The maximum absolute atomic E-state index is 12.4. The molecule has 1 aliphatic heterocycles. The van der Waals surface area contributed by atoms with Crippen LogP contribution >= 0.6 is 15.9 Å². The first-order valence-corrected chi connectivity index (χ1v) is 7.71. The van der Waals surface area contributed by atoms with Gasteiger partial charge in [0.15, 0.2) is 0 Å². The number of piperazine rings is 1. The number of rotatable bonds is 2. The molecule has 7 nitrogen and oxygen atoms in total. The predicted octanol–water partition coefficient (Wildman–Crippen LogP) is -0.111. The van der Waals surface area contributed by atoms with E-state index in [1.165, 1.54) is 17.2 Å². The molecule has 0 saturated carbocycles. The Morgan fingerprint density at radius 3 is 2.74 bits per heavy atom. The lowest BCUT2D eigenvalue weighted by atomic mass is 10.4. The van der Waals surface area contributed by atoms with Crippen LogP contribution in [0.5, 0.6) is 0 Å². The topological polar surface area (TPSA) is 96.6 Å². The van der Waals surface area contributed by atoms with Crippen molar-refractivity contribution < 1.29 is 13.2 Å². The number of anilines is 1. The van der Waals surface area contributed by atoms with E-state index in [2.05, 4.69) is 20.9 Å². The highest BCUT2D eigenvalue weighted by Gasteiger charge is 2.33. The number of pyridine rings is 1. The van der Waals surface area contributed by atoms with Gasteiger partial charge in [0.1, 0.15) is 10.7 Å². The van der Waals surface area contributed by atoms with E-state index in [0.29, 0.717) is 11.0 Å². The lowest BCUT2D eigenvalue weighted by Crippen LogP contribution is -2.50. The Labute approximate surface area is 119 Å². The van der Waals surface area contributed by atoms with Gasteiger partial charge in [-0.3, -0.25) is 4.79 Å². The molecule has 2 N–H and O–H groups in total. The Morgan fingerprint density at radius 1 is 1.42 bits per heavy atom. The van der Waals surface area contributed by atoms with Crippen molar-refractivity contribution in [1.82, 2.24) is 14.2 Å². The maximum atomic E-state index is 12.4. The predicted molar refractivity (Wildman–Crippen MR) is 72.7 cm³/mol. The number of sulfonamides is 1. The van der Waals surface area contributed by atoms with Gasteiger partial charge in [-0.1, -0.05) is 0 Å². The smallest absolute Gasteiger partial charge is 0.247 e. The van der Waals surface area contributed by atoms with E-state index in [9.17, 15) is 13.2 Å². The van der Waals surface area contributed by atoms with Crippen LogP contribution in [0.2, 0.25) is 0 Å². The molecule has 104 valence electrons. The Morgan fingerprint density at radius 2 is 2.11 bits per heavy atom. The van der Waals surface area contributed by atoms with E-state index in [4.69, 9.17) is 5.73 Å². The summed E-state index contributed by atoms with van der Waals surface area (Å²) in [5.74, 6) is -0.314. The van der Waals surface area contributed by atoms with Crippen molar-refractivity contribution in [2.75, 3.05) is 32.4 Å². The summed E-state index contributed by atoms with van der Waals surface area (Å²) in [5.41, 5.74) is 5.61. The highest BCUT2D eigenvalue weighted by molar-refractivity contribution is 9.10. The van der Waals surface area contributed by atoms with E-state index < -0.39 is 10.0 Å². The average molecular weight is 349 g/mol. The van der Waals surface area contributed by atoms with Crippen LogP contribution in [-0.4, -0.2) is 55.2 Å². The average Bonchev–Trinajstić information content (AvgIpc) is 2.35. The van der Waals surface area contributed by atoms with Crippen LogP contribution in [-0.2, 0) is 14.8 Å². The van der Waals surface area contributed by atoms with E-state index >= 15 is 0 Å². The number of aromatic nitrogens is 1. The fraction of sp³-hybridized carbons (Fsp3) is 0.400. The number of hydrogen-bond donors (Lipinski definition) is 1. The highest BCUT2D eigenvalue weighted by atomic mass is 79.9. The number of likely N-dealkylation sites (N-methyl/N-ethyl adjacent to an activating group) is 1. The summed E-state index contributed by atoms with van der Waals surface area (Å²) in [6.45, 7) is 0.431. The molecule has 0 radical (unpaired) electrons. The summed E-state index contributed by atoms with van der Waals surface area (Å²) in [6, 6.07) is 1.39. The van der Waals surface area contributed by atoms with Gasteiger partial charge in [0.2, 0.25) is 15.9 Å². The van der Waals surface area contributed by atoms with Gasteiger partial charge in [-0.05, 0) is 22.0 Å². The second kappa shape index (κ2) is 5.06. The summed E-state index contributed by atoms with van der Waals surface area (Å²) in [7, 11) is -2.16. The lowest BCUT2D eigenvalue weighted by molar-refractivity contribution is -0.132. The Hall–Kier alpha value is -1.19. The molecule has 0 atom stereocenters. The number of carbonyl (C=O) groups excluding carboxylic acids is 1. The van der Waals surface area contributed by atoms with Gasteiger partial charge in [-0.25, -0.2) is 13.4 Å². The molecule has 9 heteroatoms. The van der Waals surface area contributed by atoms with Gasteiger partial charge in [0.25, 0.3) is 0 Å². The molecule has 1 aliphatic rings. The van der Waals surface area contributed by atoms with Crippen molar-refractivity contribution in [3.63, 3.8) is 0 Å². The van der Waals surface area contributed by atoms with Crippen molar-refractivity contribution in [1.29, 1.82) is 0 Å². The molecule has 0 spiro atoms. The zero-order valence-corrected chi connectivity index (χ0v) is 12.6. The Kier molecular flexibility index (Phi) is 3.79. The van der Waals surface area contributed by atoms with Crippen LogP contribution < -0.4 is 5.73 Å². The molecule has 2 heterocycles. The Bertz CT molecular complexity index is 619. The summed E-state index contributed by atoms with van der Waals surface area (Å²) < 4.78 is 26.5. The molecule has 0 aliphatic carbocycles. The van der Waals surface area contributed by atoms with E-state index in [1.54, 1.807) is 7.05 Å².